The highest BCUT2D eigenvalue weighted by molar-refractivity contribution is 8.03. The lowest BCUT2D eigenvalue weighted by atomic mass is 10.1. The zero-order valence-electron chi connectivity index (χ0n) is 16.9. The van der Waals surface area contributed by atoms with Crippen molar-refractivity contribution >= 4 is 20.0 Å². The van der Waals surface area contributed by atoms with Gasteiger partial charge in [0.1, 0.15) is 5.25 Å². The summed E-state index contributed by atoms with van der Waals surface area (Å²) in [6, 6.07) is 0. The van der Waals surface area contributed by atoms with Crippen molar-refractivity contribution in [3.8, 4) is 0 Å². The monoisotopic (exact) mass is 413 g/mol. The molecule has 4 atom stereocenters. The summed E-state index contributed by atoms with van der Waals surface area (Å²) in [4.78, 5) is 10.8. The maximum atomic E-state index is 11.7. The van der Waals surface area contributed by atoms with E-state index in [0.29, 0.717) is 6.61 Å². The molecule has 156 valence electrons. The van der Waals surface area contributed by atoms with Gasteiger partial charge in [0.05, 0.1) is 27.2 Å². The first-order valence-electron chi connectivity index (χ1n) is 8.93. The smallest absolute Gasteiger partial charge is 0.340 e. The molecule has 0 radical (unpaired) electrons. The zero-order chi connectivity index (χ0) is 19.1. The summed E-state index contributed by atoms with van der Waals surface area (Å²) in [5.41, 5.74) is 0. The highest BCUT2D eigenvalue weighted by atomic mass is 32.2. The SMILES string of the molecule is CC=C(CCCC)SC(C1CCCO1)C(OC)(O[PH](=O)O)[N+](C)(C)C.[OH-]. The predicted octanol–water partition coefficient (Wildman–Crippen LogP) is 3.59. The summed E-state index contributed by atoms with van der Waals surface area (Å²) in [6.45, 7) is 4.90. The minimum Gasteiger partial charge on any atom is -0.870 e. The quantitative estimate of drug-likeness (QED) is 0.314. The molecule has 1 heterocycles. The molecule has 0 bridgehead atoms. The second-order valence-corrected chi connectivity index (χ2v) is 9.17. The summed E-state index contributed by atoms with van der Waals surface area (Å²) in [5, 5.41) is -0.246. The van der Waals surface area contributed by atoms with Gasteiger partial charge in [-0.1, -0.05) is 19.4 Å². The van der Waals surface area contributed by atoms with Crippen LogP contribution in [-0.4, -0.2) is 67.0 Å². The van der Waals surface area contributed by atoms with E-state index in [4.69, 9.17) is 14.0 Å². The molecule has 7 nitrogen and oxygen atoms in total. The summed E-state index contributed by atoms with van der Waals surface area (Å²) >= 11 is 1.66. The number of thioether (sulfide) groups is 1. The standard InChI is InChI=1S/C17H34NO5PS.H2O/c1-7-9-11-14(8-2)25-16(15-12-10-13-22-15)17(21-6,18(3,4)5)23-24(19)20;/h8,15-16,24H,7,9-13H2,1-6H3;1H2. The zero-order valence-corrected chi connectivity index (χ0v) is 18.7. The molecule has 0 amide bonds. The minimum atomic E-state index is -3.20. The molecule has 1 saturated heterocycles. The number of hydrogen-bond donors (Lipinski definition) is 1. The van der Waals surface area contributed by atoms with Gasteiger partial charge in [-0.15, -0.1) is 11.8 Å². The molecule has 9 heteroatoms. The van der Waals surface area contributed by atoms with Crippen LogP contribution in [0.1, 0.15) is 46.0 Å². The lowest BCUT2D eigenvalue weighted by Gasteiger charge is -2.47. The Labute approximate surface area is 162 Å². The van der Waals surface area contributed by atoms with E-state index in [-0.39, 0.29) is 21.3 Å². The van der Waals surface area contributed by atoms with Crippen molar-refractivity contribution in [1.82, 2.24) is 0 Å². The molecule has 2 N–H and O–H groups in total. The van der Waals surface area contributed by atoms with Gasteiger partial charge in [0, 0.05) is 13.7 Å². The number of hydrogen-bond acceptors (Lipinski definition) is 6. The third kappa shape index (κ3) is 6.60. The summed E-state index contributed by atoms with van der Waals surface area (Å²) in [5.74, 6) is -1.27. The van der Waals surface area contributed by atoms with Crippen LogP contribution in [0.15, 0.2) is 11.0 Å². The van der Waals surface area contributed by atoms with E-state index < -0.39 is 14.2 Å². The molecule has 1 rings (SSSR count). The van der Waals surface area contributed by atoms with Crippen molar-refractivity contribution < 1.29 is 33.4 Å². The molecule has 0 aromatic rings. The molecule has 0 aromatic carbocycles. The van der Waals surface area contributed by atoms with E-state index >= 15 is 0 Å². The van der Waals surface area contributed by atoms with Crippen LogP contribution in [0.2, 0.25) is 0 Å². The normalized spacial score (nSPS) is 23.2. The van der Waals surface area contributed by atoms with Crippen molar-refractivity contribution in [1.29, 1.82) is 0 Å². The Morgan fingerprint density at radius 3 is 2.54 bits per heavy atom. The van der Waals surface area contributed by atoms with Gasteiger partial charge in [-0.25, -0.2) is 4.52 Å². The number of ether oxygens (including phenoxy) is 2. The van der Waals surface area contributed by atoms with Crippen molar-refractivity contribution in [2.24, 2.45) is 0 Å². The number of nitrogens with zero attached hydrogens (tertiary/aromatic N) is 1. The molecule has 0 spiro atoms. The Morgan fingerprint density at radius 2 is 2.15 bits per heavy atom. The van der Waals surface area contributed by atoms with Gasteiger partial charge in [-0.05, 0) is 37.5 Å². The number of methoxy groups -OCH3 is 1. The van der Waals surface area contributed by atoms with Crippen LogP contribution in [0.4, 0.5) is 0 Å². The molecule has 26 heavy (non-hydrogen) atoms. The molecule has 1 fully saturated rings. The van der Waals surface area contributed by atoms with Crippen molar-refractivity contribution in [3.63, 3.8) is 0 Å². The molecule has 4 unspecified atom stereocenters. The largest absolute Gasteiger partial charge is 0.870 e. The first kappa shape index (κ1) is 26.1. The van der Waals surface area contributed by atoms with Crippen LogP contribution in [0, 0.1) is 0 Å². The number of allylic oxidation sites excluding steroid dienone is 2. The van der Waals surface area contributed by atoms with E-state index in [0.717, 1.165) is 32.1 Å². The molecular weight excluding hydrogens is 377 g/mol. The number of unbranched alkanes of at least 4 members (excludes halogenated alkanes) is 1. The average Bonchev–Trinajstić information content (AvgIpc) is 3.06. The van der Waals surface area contributed by atoms with Crippen molar-refractivity contribution in [2.45, 2.75) is 63.2 Å². The van der Waals surface area contributed by atoms with Gasteiger partial charge in [0.15, 0.2) is 0 Å². The first-order valence-corrected chi connectivity index (χ1v) is 11.1. The third-order valence-electron chi connectivity index (χ3n) is 4.50. The molecular formula is C17H36NO6PS. The average molecular weight is 414 g/mol. The van der Waals surface area contributed by atoms with E-state index in [1.165, 1.54) is 12.0 Å². The van der Waals surface area contributed by atoms with Gasteiger partial charge in [-0.3, -0.25) is 9.05 Å². The van der Waals surface area contributed by atoms with Crippen LogP contribution in [0.5, 0.6) is 0 Å². The minimum absolute atomic E-state index is 0. The summed E-state index contributed by atoms with van der Waals surface area (Å²) in [7, 11) is 4.09. The Kier molecular flexibility index (Phi) is 11.9. The highest BCUT2D eigenvalue weighted by Gasteiger charge is 2.58. The Hall–Kier alpha value is 0.0800. The van der Waals surface area contributed by atoms with Gasteiger partial charge in [0.2, 0.25) is 0 Å². The third-order valence-corrected chi connectivity index (χ3v) is 6.57. The Morgan fingerprint density at radius 1 is 1.50 bits per heavy atom. The number of quaternary nitrogens is 1. The van der Waals surface area contributed by atoms with E-state index in [1.807, 2.05) is 28.1 Å². The lowest BCUT2D eigenvalue weighted by Crippen LogP contribution is -2.67. The van der Waals surface area contributed by atoms with Crippen LogP contribution >= 0.6 is 20.0 Å². The molecule has 1 aliphatic rings. The summed E-state index contributed by atoms with van der Waals surface area (Å²) < 4.78 is 29.3. The second kappa shape index (κ2) is 11.8. The molecule has 1 aliphatic heterocycles. The van der Waals surface area contributed by atoms with Crippen molar-refractivity contribution in [2.75, 3.05) is 34.9 Å². The topological polar surface area (TPSA) is 95.0 Å². The fraction of sp³-hybridized carbons (Fsp3) is 0.882. The van der Waals surface area contributed by atoms with E-state index in [1.54, 1.807) is 11.8 Å². The van der Waals surface area contributed by atoms with Gasteiger partial charge >= 0.3 is 14.2 Å². The van der Waals surface area contributed by atoms with Crippen LogP contribution < -0.4 is 0 Å². The lowest BCUT2D eigenvalue weighted by molar-refractivity contribution is -0.975. The fourth-order valence-corrected chi connectivity index (χ4v) is 5.67. The molecule has 0 aliphatic carbocycles. The van der Waals surface area contributed by atoms with Gasteiger partial charge < -0.3 is 19.8 Å². The van der Waals surface area contributed by atoms with E-state index in [2.05, 4.69) is 13.0 Å². The number of rotatable bonds is 11. The van der Waals surface area contributed by atoms with Crippen LogP contribution in [0.3, 0.4) is 0 Å². The van der Waals surface area contributed by atoms with Crippen LogP contribution in [0.25, 0.3) is 0 Å². The highest BCUT2D eigenvalue weighted by Crippen LogP contribution is 2.46. The Bertz CT molecular complexity index is 465. The summed E-state index contributed by atoms with van der Waals surface area (Å²) in [6.07, 6.45) is 7.10. The van der Waals surface area contributed by atoms with E-state index in [9.17, 15) is 9.46 Å². The maximum Gasteiger partial charge on any atom is 0.340 e. The Balaban J connectivity index is 0.00000625. The fourth-order valence-electron chi connectivity index (χ4n) is 3.15. The molecule has 0 saturated carbocycles. The van der Waals surface area contributed by atoms with Gasteiger partial charge in [0.25, 0.3) is 0 Å². The maximum absolute atomic E-state index is 11.7. The van der Waals surface area contributed by atoms with Crippen molar-refractivity contribution in [3.05, 3.63) is 11.0 Å². The molecule has 0 aromatic heterocycles. The second-order valence-electron chi connectivity index (χ2n) is 7.16. The van der Waals surface area contributed by atoms with Crippen LogP contribution in [-0.2, 0) is 18.6 Å². The first-order chi connectivity index (χ1) is 11.7. The predicted molar refractivity (Wildman–Crippen MR) is 106 cm³/mol. The van der Waals surface area contributed by atoms with Gasteiger partial charge in [-0.2, -0.15) is 0 Å².